The van der Waals surface area contributed by atoms with Crippen molar-refractivity contribution in [1.82, 2.24) is 5.32 Å². The van der Waals surface area contributed by atoms with Gasteiger partial charge in [-0.05, 0) is 38.5 Å². The fourth-order valence-electron chi connectivity index (χ4n) is 2.63. The molecule has 168 valence electrons. The molecule has 1 unspecified atom stereocenters. The number of benzene rings is 2. The van der Waals surface area contributed by atoms with E-state index in [1.54, 1.807) is 39.0 Å². The molecule has 2 amide bonds. The highest BCUT2D eigenvalue weighted by Gasteiger charge is 2.25. The number of anilines is 1. The Kier molecular flexibility index (Phi) is 8.69. The molecule has 0 spiro atoms. The van der Waals surface area contributed by atoms with Gasteiger partial charge >= 0.3 is 6.09 Å². The van der Waals surface area contributed by atoms with Gasteiger partial charge in [-0.25, -0.2) is 4.79 Å². The van der Waals surface area contributed by atoms with Crippen molar-refractivity contribution in [2.75, 3.05) is 26.1 Å². The quantitative estimate of drug-likeness (QED) is 0.629. The Morgan fingerprint density at radius 2 is 1.71 bits per heavy atom. The highest BCUT2D eigenvalue weighted by atomic mass is 16.6. The summed E-state index contributed by atoms with van der Waals surface area (Å²) in [7, 11) is 3.02. The maximum atomic E-state index is 13.0. The Labute approximate surface area is 182 Å². The highest BCUT2D eigenvalue weighted by molar-refractivity contribution is 5.98. The lowest BCUT2D eigenvalue weighted by Gasteiger charge is -2.23. The second kappa shape index (κ2) is 11.2. The van der Waals surface area contributed by atoms with Crippen LogP contribution in [0.25, 0.3) is 0 Å². The Bertz CT molecular complexity index is 864. The summed E-state index contributed by atoms with van der Waals surface area (Å²) in [6.45, 7) is 5.48. The zero-order valence-electron chi connectivity index (χ0n) is 18.6. The summed E-state index contributed by atoms with van der Waals surface area (Å²) in [6.07, 6.45) is -0.714. The molecule has 0 fully saturated rings. The van der Waals surface area contributed by atoms with Gasteiger partial charge in [-0.2, -0.15) is 0 Å². The van der Waals surface area contributed by atoms with Gasteiger partial charge in [0.1, 0.15) is 23.1 Å². The largest absolute Gasteiger partial charge is 0.497 e. The zero-order chi connectivity index (χ0) is 22.9. The summed E-state index contributed by atoms with van der Waals surface area (Å²) in [6, 6.07) is 13.6. The van der Waals surface area contributed by atoms with E-state index in [-0.39, 0.29) is 6.61 Å². The molecule has 0 radical (unpaired) electrons. The van der Waals surface area contributed by atoms with Crippen LogP contribution in [0, 0.1) is 0 Å². The van der Waals surface area contributed by atoms with Crippen molar-refractivity contribution in [3.8, 4) is 11.5 Å². The van der Waals surface area contributed by atoms with Crippen LogP contribution in [0.15, 0.2) is 48.5 Å². The maximum absolute atomic E-state index is 13.0. The highest BCUT2D eigenvalue weighted by Crippen LogP contribution is 2.29. The third kappa shape index (κ3) is 8.18. The number of carbonyl (C=O) groups excluding carboxylic acids is 2. The minimum Gasteiger partial charge on any atom is -0.497 e. The molecule has 0 saturated carbocycles. The molecule has 31 heavy (non-hydrogen) atoms. The number of hydrogen-bond acceptors (Lipinski definition) is 6. The van der Waals surface area contributed by atoms with Gasteiger partial charge in [0.05, 0.1) is 33.1 Å². The third-order valence-electron chi connectivity index (χ3n) is 4.07. The van der Waals surface area contributed by atoms with Crippen molar-refractivity contribution in [2.24, 2.45) is 0 Å². The summed E-state index contributed by atoms with van der Waals surface area (Å²) in [5.74, 6) is 0.522. The van der Waals surface area contributed by atoms with Crippen molar-refractivity contribution in [2.45, 2.75) is 39.0 Å². The number of amides is 2. The van der Waals surface area contributed by atoms with Gasteiger partial charge in [0.25, 0.3) is 0 Å². The van der Waals surface area contributed by atoms with E-state index in [9.17, 15) is 9.59 Å². The molecule has 2 N–H and O–H groups in total. The summed E-state index contributed by atoms with van der Waals surface area (Å²) in [5, 5.41) is 5.33. The molecule has 0 aromatic heterocycles. The van der Waals surface area contributed by atoms with Crippen LogP contribution >= 0.6 is 0 Å². The van der Waals surface area contributed by atoms with Crippen LogP contribution in [-0.4, -0.2) is 44.5 Å². The number of alkyl carbamates (subject to hydrolysis) is 1. The van der Waals surface area contributed by atoms with Crippen LogP contribution in [0.2, 0.25) is 0 Å². The molecule has 2 aromatic carbocycles. The monoisotopic (exact) mass is 430 g/mol. The number of rotatable bonds is 9. The van der Waals surface area contributed by atoms with Crippen LogP contribution in [0.1, 0.15) is 26.3 Å². The van der Waals surface area contributed by atoms with Crippen molar-refractivity contribution in [1.29, 1.82) is 0 Å². The van der Waals surface area contributed by atoms with E-state index in [1.807, 2.05) is 30.3 Å². The Morgan fingerprint density at radius 3 is 2.32 bits per heavy atom. The molecule has 0 aliphatic carbocycles. The van der Waals surface area contributed by atoms with Crippen LogP contribution in [0.5, 0.6) is 11.5 Å². The zero-order valence-corrected chi connectivity index (χ0v) is 18.6. The van der Waals surface area contributed by atoms with Gasteiger partial charge in [-0.1, -0.05) is 30.3 Å². The van der Waals surface area contributed by atoms with E-state index in [2.05, 4.69) is 10.6 Å². The fraction of sp³-hybridized carbons (Fsp3) is 0.391. The van der Waals surface area contributed by atoms with Crippen LogP contribution < -0.4 is 20.1 Å². The predicted octanol–water partition coefficient (Wildman–Crippen LogP) is 3.75. The lowest BCUT2D eigenvalue weighted by atomic mass is 10.2. The predicted molar refractivity (Wildman–Crippen MR) is 117 cm³/mol. The van der Waals surface area contributed by atoms with Crippen molar-refractivity contribution in [3.63, 3.8) is 0 Å². The number of methoxy groups -OCH3 is 2. The number of hydrogen-bond donors (Lipinski definition) is 2. The molecule has 0 bridgehead atoms. The number of carbonyl (C=O) groups is 2. The summed E-state index contributed by atoms with van der Waals surface area (Å²) in [4.78, 5) is 25.2. The Morgan fingerprint density at radius 1 is 1.00 bits per heavy atom. The number of ether oxygens (including phenoxy) is 4. The van der Waals surface area contributed by atoms with Crippen molar-refractivity contribution in [3.05, 3.63) is 54.1 Å². The van der Waals surface area contributed by atoms with Gasteiger partial charge < -0.3 is 29.6 Å². The lowest BCUT2D eigenvalue weighted by molar-refractivity contribution is -0.119. The molecular weight excluding hydrogens is 400 g/mol. The van der Waals surface area contributed by atoms with Crippen LogP contribution in [-0.2, 0) is 20.9 Å². The first-order valence-electron chi connectivity index (χ1n) is 9.86. The number of nitrogens with one attached hydrogen (secondary N) is 2. The van der Waals surface area contributed by atoms with Crippen LogP contribution in [0.3, 0.4) is 0 Å². The minimum atomic E-state index is -0.991. The second-order valence-electron chi connectivity index (χ2n) is 7.76. The van der Waals surface area contributed by atoms with Gasteiger partial charge in [0.15, 0.2) is 0 Å². The normalized spacial score (nSPS) is 11.9. The standard InChI is InChI=1S/C23H30N2O6/c1-23(2,3)31-22(27)25-19(15-30-14-16-9-7-6-8-10-16)21(26)24-18-13-17(28-4)11-12-20(18)29-5/h6-13,19H,14-15H2,1-5H3,(H,24,26)(H,25,27). The van der Waals surface area contributed by atoms with Gasteiger partial charge in [-0.15, -0.1) is 0 Å². The molecule has 8 nitrogen and oxygen atoms in total. The van der Waals surface area contributed by atoms with E-state index >= 15 is 0 Å². The minimum absolute atomic E-state index is 0.0494. The van der Waals surface area contributed by atoms with Gasteiger partial charge in [0.2, 0.25) is 5.91 Å². The molecule has 1 atom stereocenters. The molecule has 2 rings (SSSR count). The smallest absolute Gasteiger partial charge is 0.408 e. The SMILES string of the molecule is COc1ccc(OC)c(NC(=O)C(COCc2ccccc2)NC(=O)OC(C)(C)C)c1. The first-order chi connectivity index (χ1) is 14.7. The summed E-state index contributed by atoms with van der Waals surface area (Å²) >= 11 is 0. The van der Waals surface area contributed by atoms with Crippen molar-refractivity contribution < 1.29 is 28.5 Å². The van der Waals surface area contributed by atoms with Gasteiger partial charge in [-0.3, -0.25) is 4.79 Å². The third-order valence-corrected chi connectivity index (χ3v) is 4.07. The first-order valence-corrected chi connectivity index (χ1v) is 9.86. The van der Waals surface area contributed by atoms with Gasteiger partial charge in [0, 0.05) is 6.07 Å². The molecule has 0 saturated heterocycles. The summed E-state index contributed by atoms with van der Waals surface area (Å²) < 4.78 is 21.5. The molecular formula is C23H30N2O6. The average Bonchev–Trinajstić information content (AvgIpc) is 2.72. The maximum Gasteiger partial charge on any atom is 0.408 e. The molecule has 0 aliphatic heterocycles. The Hall–Kier alpha value is -3.26. The van der Waals surface area contributed by atoms with E-state index in [1.165, 1.54) is 14.2 Å². The molecule has 8 heteroatoms. The van der Waals surface area contributed by atoms with E-state index in [4.69, 9.17) is 18.9 Å². The Balaban J connectivity index is 2.11. The van der Waals surface area contributed by atoms with E-state index < -0.39 is 23.6 Å². The van der Waals surface area contributed by atoms with E-state index in [0.717, 1.165) is 5.56 Å². The molecule has 2 aromatic rings. The summed E-state index contributed by atoms with van der Waals surface area (Å²) in [5.41, 5.74) is 0.658. The van der Waals surface area contributed by atoms with Crippen LogP contribution in [0.4, 0.5) is 10.5 Å². The molecule has 0 heterocycles. The molecule has 0 aliphatic rings. The van der Waals surface area contributed by atoms with Crippen molar-refractivity contribution >= 4 is 17.7 Å². The second-order valence-corrected chi connectivity index (χ2v) is 7.76. The first kappa shape index (κ1) is 24.0. The average molecular weight is 431 g/mol. The van der Waals surface area contributed by atoms with E-state index in [0.29, 0.717) is 23.8 Å². The fourth-order valence-corrected chi connectivity index (χ4v) is 2.63. The lowest BCUT2D eigenvalue weighted by Crippen LogP contribution is -2.48. The topological polar surface area (TPSA) is 95.1 Å².